The van der Waals surface area contributed by atoms with Crippen molar-refractivity contribution in [3.63, 3.8) is 0 Å². The number of nitrogens with zero attached hydrogens (tertiary/aromatic N) is 3. The average molecular weight is 423 g/mol. The molecule has 0 saturated carbocycles. The van der Waals surface area contributed by atoms with E-state index in [9.17, 15) is 9.59 Å². The summed E-state index contributed by atoms with van der Waals surface area (Å²) in [6, 6.07) is 14.7. The monoisotopic (exact) mass is 422 g/mol. The van der Waals surface area contributed by atoms with Crippen molar-refractivity contribution in [2.45, 2.75) is 18.6 Å². The third-order valence-corrected chi connectivity index (χ3v) is 5.24. The lowest BCUT2D eigenvalue weighted by molar-refractivity contribution is -0.113. The van der Waals surface area contributed by atoms with E-state index >= 15 is 0 Å². The fourth-order valence-corrected chi connectivity index (χ4v) is 3.55. The van der Waals surface area contributed by atoms with Crippen molar-refractivity contribution in [1.29, 1.82) is 0 Å². The fraction of sp³-hybridized carbons (Fsp3) is 0.182. The summed E-state index contributed by atoms with van der Waals surface area (Å²) in [5.74, 6) is 0.0563. The summed E-state index contributed by atoms with van der Waals surface area (Å²) in [5.41, 5.74) is 2.81. The SMILES string of the molecule is C=CCn1c(SCC(=O)Nc2ccccc2C(=O)OC)nnc1-c1ccc(C)cc1. The van der Waals surface area contributed by atoms with Crippen LogP contribution in [0.1, 0.15) is 15.9 Å². The van der Waals surface area contributed by atoms with Gasteiger partial charge in [0.1, 0.15) is 0 Å². The molecule has 154 valence electrons. The van der Waals surface area contributed by atoms with Gasteiger partial charge in [0.15, 0.2) is 11.0 Å². The maximum atomic E-state index is 12.5. The molecule has 0 aliphatic carbocycles. The van der Waals surface area contributed by atoms with Gasteiger partial charge in [0.2, 0.25) is 5.91 Å². The summed E-state index contributed by atoms with van der Waals surface area (Å²) in [6.07, 6.45) is 1.76. The highest BCUT2D eigenvalue weighted by atomic mass is 32.2. The second-order valence-corrected chi connectivity index (χ2v) is 7.39. The van der Waals surface area contributed by atoms with Crippen molar-refractivity contribution in [2.75, 3.05) is 18.2 Å². The number of allylic oxidation sites excluding steroid dienone is 1. The van der Waals surface area contributed by atoms with Crippen LogP contribution in [-0.2, 0) is 16.1 Å². The molecule has 2 aromatic carbocycles. The van der Waals surface area contributed by atoms with Gasteiger partial charge in [-0.05, 0) is 19.1 Å². The quantitative estimate of drug-likeness (QED) is 0.336. The number of rotatable bonds is 8. The minimum Gasteiger partial charge on any atom is -0.465 e. The van der Waals surface area contributed by atoms with E-state index in [1.165, 1.54) is 18.9 Å². The molecule has 0 atom stereocenters. The summed E-state index contributed by atoms with van der Waals surface area (Å²) in [7, 11) is 1.30. The first-order chi connectivity index (χ1) is 14.5. The van der Waals surface area contributed by atoms with Gasteiger partial charge in [0, 0.05) is 12.1 Å². The molecule has 1 N–H and O–H groups in total. The smallest absolute Gasteiger partial charge is 0.339 e. The van der Waals surface area contributed by atoms with Crippen molar-refractivity contribution in [3.8, 4) is 11.4 Å². The lowest BCUT2D eigenvalue weighted by Crippen LogP contribution is -2.17. The Morgan fingerprint density at radius 1 is 1.17 bits per heavy atom. The van der Waals surface area contributed by atoms with Gasteiger partial charge < -0.3 is 10.1 Å². The number of anilines is 1. The Morgan fingerprint density at radius 3 is 2.60 bits per heavy atom. The highest BCUT2D eigenvalue weighted by Crippen LogP contribution is 2.25. The number of hydrogen-bond acceptors (Lipinski definition) is 6. The van der Waals surface area contributed by atoms with E-state index in [0.29, 0.717) is 28.8 Å². The van der Waals surface area contributed by atoms with Gasteiger partial charge in [-0.15, -0.1) is 16.8 Å². The topological polar surface area (TPSA) is 86.1 Å². The van der Waals surface area contributed by atoms with Crippen molar-refractivity contribution < 1.29 is 14.3 Å². The Balaban J connectivity index is 1.73. The van der Waals surface area contributed by atoms with Crippen LogP contribution in [0, 0.1) is 6.92 Å². The predicted molar refractivity (Wildman–Crippen MR) is 118 cm³/mol. The molecular weight excluding hydrogens is 400 g/mol. The molecule has 8 heteroatoms. The number of benzene rings is 2. The van der Waals surface area contributed by atoms with E-state index in [1.807, 2.05) is 35.8 Å². The van der Waals surface area contributed by atoms with Gasteiger partial charge in [0.05, 0.1) is 24.1 Å². The maximum absolute atomic E-state index is 12.5. The minimum absolute atomic E-state index is 0.110. The van der Waals surface area contributed by atoms with Crippen LogP contribution in [0.5, 0.6) is 0 Å². The van der Waals surface area contributed by atoms with Crippen LogP contribution < -0.4 is 5.32 Å². The van der Waals surface area contributed by atoms with E-state index in [4.69, 9.17) is 4.74 Å². The Morgan fingerprint density at radius 2 is 1.90 bits per heavy atom. The molecule has 0 aliphatic rings. The molecule has 30 heavy (non-hydrogen) atoms. The molecule has 0 radical (unpaired) electrons. The van der Waals surface area contributed by atoms with Crippen molar-refractivity contribution in [1.82, 2.24) is 14.8 Å². The lowest BCUT2D eigenvalue weighted by atomic mass is 10.1. The van der Waals surface area contributed by atoms with Gasteiger partial charge in [0.25, 0.3) is 0 Å². The van der Waals surface area contributed by atoms with Crippen LogP contribution in [0.2, 0.25) is 0 Å². The molecule has 0 unspecified atom stereocenters. The van der Waals surface area contributed by atoms with Gasteiger partial charge in [-0.2, -0.15) is 0 Å². The second-order valence-electron chi connectivity index (χ2n) is 6.45. The third kappa shape index (κ3) is 4.96. The number of hydrogen-bond donors (Lipinski definition) is 1. The number of ether oxygens (including phenoxy) is 1. The number of para-hydroxylation sites is 1. The first-order valence-corrected chi connectivity index (χ1v) is 10.2. The molecule has 7 nitrogen and oxygen atoms in total. The highest BCUT2D eigenvalue weighted by Gasteiger charge is 2.17. The molecular formula is C22H22N4O3S. The van der Waals surface area contributed by atoms with Crippen LogP contribution in [0.4, 0.5) is 5.69 Å². The highest BCUT2D eigenvalue weighted by molar-refractivity contribution is 7.99. The second kappa shape index (κ2) is 9.89. The molecule has 0 aliphatic heterocycles. The average Bonchev–Trinajstić information content (AvgIpc) is 3.15. The van der Waals surface area contributed by atoms with Crippen LogP contribution in [0.25, 0.3) is 11.4 Å². The number of aromatic nitrogens is 3. The number of amides is 1. The first kappa shape index (κ1) is 21.3. The Labute approximate surface area is 179 Å². The van der Waals surface area contributed by atoms with E-state index in [0.717, 1.165) is 11.1 Å². The molecule has 0 fully saturated rings. The van der Waals surface area contributed by atoms with Crippen molar-refractivity contribution in [2.24, 2.45) is 0 Å². The predicted octanol–water partition coefficient (Wildman–Crippen LogP) is 3.96. The molecule has 0 saturated heterocycles. The largest absolute Gasteiger partial charge is 0.465 e. The van der Waals surface area contributed by atoms with E-state index in [-0.39, 0.29) is 11.7 Å². The van der Waals surface area contributed by atoms with Gasteiger partial charge in [-0.1, -0.05) is 59.8 Å². The number of thioether (sulfide) groups is 1. The molecule has 1 aromatic heterocycles. The molecule has 0 spiro atoms. The number of carbonyl (C=O) groups excluding carboxylic acids is 2. The number of methoxy groups -OCH3 is 1. The van der Waals surface area contributed by atoms with Crippen molar-refractivity contribution in [3.05, 3.63) is 72.3 Å². The molecule has 1 amide bonds. The van der Waals surface area contributed by atoms with E-state index in [1.54, 1.807) is 30.3 Å². The zero-order valence-electron chi connectivity index (χ0n) is 16.8. The maximum Gasteiger partial charge on any atom is 0.339 e. The first-order valence-electron chi connectivity index (χ1n) is 9.24. The summed E-state index contributed by atoms with van der Waals surface area (Å²) in [5, 5.41) is 11.9. The number of esters is 1. The Hall–Kier alpha value is -3.39. The van der Waals surface area contributed by atoms with E-state index in [2.05, 4.69) is 22.1 Å². The fourth-order valence-electron chi connectivity index (χ4n) is 2.80. The third-order valence-electron chi connectivity index (χ3n) is 4.28. The molecule has 3 aromatic rings. The number of nitrogens with one attached hydrogen (secondary N) is 1. The molecule has 1 heterocycles. The number of aryl methyl sites for hydroxylation is 1. The molecule has 0 bridgehead atoms. The van der Waals surface area contributed by atoms with Crippen LogP contribution >= 0.6 is 11.8 Å². The van der Waals surface area contributed by atoms with Crippen LogP contribution in [0.15, 0.2) is 66.3 Å². The zero-order valence-corrected chi connectivity index (χ0v) is 17.6. The Bertz CT molecular complexity index is 1060. The summed E-state index contributed by atoms with van der Waals surface area (Å²) < 4.78 is 6.67. The van der Waals surface area contributed by atoms with Gasteiger partial charge in [-0.3, -0.25) is 9.36 Å². The van der Waals surface area contributed by atoms with Gasteiger partial charge >= 0.3 is 5.97 Å². The number of carbonyl (C=O) groups is 2. The van der Waals surface area contributed by atoms with Crippen molar-refractivity contribution >= 4 is 29.3 Å². The zero-order chi connectivity index (χ0) is 21.5. The Kier molecular flexibility index (Phi) is 7.03. The standard InChI is InChI=1S/C22H22N4O3S/c1-4-13-26-20(16-11-9-15(2)10-12-16)24-25-22(26)30-14-19(27)23-18-8-6-5-7-17(18)21(28)29-3/h4-12H,1,13-14H2,2-3H3,(H,23,27). The van der Waals surface area contributed by atoms with Crippen LogP contribution in [0.3, 0.4) is 0 Å². The normalized spacial score (nSPS) is 10.5. The minimum atomic E-state index is -0.507. The van der Waals surface area contributed by atoms with Crippen LogP contribution in [-0.4, -0.2) is 39.5 Å². The lowest BCUT2D eigenvalue weighted by Gasteiger charge is -2.10. The molecule has 3 rings (SSSR count). The van der Waals surface area contributed by atoms with Gasteiger partial charge in [-0.25, -0.2) is 4.79 Å². The summed E-state index contributed by atoms with van der Waals surface area (Å²) in [4.78, 5) is 24.3. The summed E-state index contributed by atoms with van der Waals surface area (Å²) in [6.45, 7) is 6.35. The summed E-state index contributed by atoms with van der Waals surface area (Å²) >= 11 is 1.27. The van der Waals surface area contributed by atoms with E-state index < -0.39 is 5.97 Å².